The fourth-order valence-corrected chi connectivity index (χ4v) is 1.97. The highest BCUT2D eigenvalue weighted by molar-refractivity contribution is 5.93. The highest BCUT2D eigenvalue weighted by atomic mass is 16.5. The van der Waals surface area contributed by atoms with Crippen molar-refractivity contribution in [1.82, 2.24) is 5.32 Å². The van der Waals surface area contributed by atoms with Crippen LogP contribution in [0.25, 0.3) is 0 Å². The van der Waals surface area contributed by atoms with Crippen molar-refractivity contribution in [1.29, 1.82) is 0 Å². The van der Waals surface area contributed by atoms with Crippen LogP contribution in [-0.4, -0.2) is 25.2 Å². The Morgan fingerprint density at radius 2 is 1.95 bits per heavy atom. The van der Waals surface area contributed by atoms with Gasteiger partial charge < -0.3 is 15.4 Å². The molecular formula is C16H24N2O3. The van der Waals surface area contributed by atoms with Crippen molar-refractivity contribution in [2.75, 3.05) is 12.4 Å². The van der Waals surface area contributed by atoms with Gasteiger partial charge in [-0.25, -0.2) is 9.59 Å². The summed E-state index contributed by atoms with van der Waals surface area (Å²) in [7, 11) is 1.32. The second kappa shape index (κ2) is 7.67. The number of esters is 1. The molecule has 0 aromatic heterocycles. The zero-order valence-corrected chi connectivity index (χ0v) is 13.3. The maximum Gasteiger partial charge on any atom is 0.328 e. The van der Waals surface area contributed by atoms with E-state index >= 15 is 0 Å². The lowest BCUT2D eigenvalue weighted by molar-refractivity contribution is -0.144. The Kier molecular flexibility index (Phi) is 6.21. The van der Waals surface area contributed by atoms with Gasteiger partial charge in [0.2, 0.25) is 0 Å². The van der Waals surface area contributed by atoms with Crippen LogP contribution in [0.1, 0.15) is 31.4 Å². The summed E-state index contributed by atoms with van der Waals surface area (Å²) >= 11 is 0. The van der Waals surface area contributed by atoms with Crippen LogP contribution in [0.15, 0.2) is 18.2 Å². The number of amides is 2. The van der Waals surface area contributed by atoms with Crippen molar-refractivity contribution >= 4 is 17.7 Å². The van der Waals surface area contributed by atoms with Crippen molar-refractivity contribution in [3.8, 4) is 0 Å². The molecule has 0 saturated carbocycles. The van der Waals surface area contributed by atoms with Crippen molar-refractivity contribution in [3.05, 3.63) is 29.3 Å². The largest absolute Gasteiger partial charge is 0.467 e. The molecule has 1 unspecified atom stereocenters. The minimum atomic E-state index is -0.648. The first-order chi connectivity index (χ1) is 9.88. The quantitative estimate of drug-likeness (QED) is 0.820. The number of benzene rings is 1. The molecule has 116 valence electrons. The highest BCUT2D eigenvalue weighted by Gasteiger charge is 2.26. The average Bonchev–Trinajstić information content (AvgIpc) is 2.47. The van der Waals surface area contributed by atoms with E-state index in [0.717, 1.165) is 23.2 Å². The molecule has 1 rings (SSSR count). The molecule has 0 bridgehead atoms. The summed E-state index contributed by atoms with van der Waals surface area (Å²) in [5.41, 5.74) is 2.76. The fraction of sp³-hybridized carbons (Fsp3) is 0.500. The van der Waals surface area contributed by atoms with Gasteiger partial charge in [0, 0.05) is 5.69 Å². The number of hydrogen-bond donors (Lipinski definition) is 2. The Hall–Kier alpha value is -2.04. The van der Waals surface area contributed by atoms with Crippen LogP contribution >= 0.6 is 0 Å². The summed E-state index contributed by atoms with van der Waals surface area (Å²) in [4.78, 5) is 23.9. The Balaban J connectivity index is 2.78. The molecule has 1 aromatic carbocycles. The van der Waals surface area contributed by atoms with Crippen LogP contribution in [0, 0.1) is 19.8 Å². The summed E-state index contributed by atoms with van der Waals surface area (Å²) in [5.74, 6) is -0.428. The third-order valence-corrected chi connectivity index (χ3v) is 3.60. The average molecular weight is 292 g/mol. The molecule has 5 nitrogen and oxygen atoms in total. The van der Waals surface area contributed by atoms with Gasteiger partial charge in [-0.15, -0.1) is 0 Å². The van der Waals surface area contributed by atoms with Crippen LogP contribution in [0.5, 0.6) is 0 Å². The standard InChI is InChI=1S/C16H24N2O3/c1-6-11(3)14(15(19)21-5)18-16(20)17-13-9-10(2)7-8-12(13)4/h7-9,11,14H,6H2,1-5H3,(H2,17,18,20)/t11?,14-/m1/s1. The summed E-state index contributed by atoms with van der Waals surface area (Å²) in [5, 5.41) is 5.47. The Bertz CT molecular complexity index is 514. The first kappa shape index (κ1) is 17.0. The number of ether oxygens (including phenoxy) is 1. The normalized spacial score (nSPS) is 13.2. The predicted molar refractivity (Wildman–Crippen MR) is 83.3 cm³/mol. The summed E-state index contributed by atoms with van der Waals surface area (Å²) in [6.45, 7) is 7.74. The smallest absolute Gasteiger partial charge is 0.328 e. The minimum absolute atomic E-state index is 0.00167. The van der Waals surface area contributed by atoms with E-state index in [1.807, 2.05) is 45.9 Å². The molecule has 0 fully saturated rings. The third kappa shape index (κ3) is 4.77. The first-order valence-corrected chi connectivity index (χ1v) is 7.11. The fourth-order valence-electron chi connectivity index (χ4n) is 1.97. The number of nitrogens with one attached hydrogen (secondary N) is 2. The third-order valence-electron chi connectivity index (χ3n) is 3.60. The molecule has 0 saturated heterocycles. The van der Waals surface area contributed by atoms with Gasteiger partial charge in [-0.2, -0.15) is 0 Å². The van der Waals surface area contributed by atoms with E-state index in [2.05, 4.69) is 10.6 Å². The molecule has 0 spiro atoms. The zero-order chi connectivity index (χ0) is 16.0. The molecule has 0 heterocycles. The molecule has 2 amide bonds. The van der Waals surface area contributed by atoms with Crippen molar-refractivity contribution < 1.29 is 14.3 Å². The van der Waals surface area contributed by atoms with E-state index in [-0.39, 0.29) is 5.92 Å². The molecule has 1 aromatic rings. The maximum atomic E-state index is 12.1. The molecular weight excluding hydrogens is 268 g/mol. The lowest BCUT2D eigenvalue weighted by Gasteiger charge is -2.22. The lowest BCUT2D eigenvalue weighted by Crippen LogP contribution is -2.47. The number of hydrogen-bond acceptors (Lipinski definition) is 3. The number of aryl methyl sites for hydroxylation is 2. The van der Waals surface area contributed by atoms with Gasteiger partial charge in [0.15, 0.2) is 0 Å². The van der Waals surface area contributed by atoms with E-state index in [9.17, 15) is 9.59 Å². The van der Waals surface area contributed by atoms with Crippen LogP contribution in [0.3, 0.4) is 0 Å². The van der Waals surface area contributed by atoms with Crippen LogP contribution < -0.4 is 10.6 Å². The van der Waals surface area contributed by atoms with E-state index in [1.165, 1.54) is 7.11 Å². The van der Waals surface area contributed by atoms with Crippen LogP contribution in [-0.2, 0) is 9.53 Å². The van der Waals surface area contributed by atoms with Gasteiger partial charge in [0.1, 0.15) is 6.04 Å². The molecule has 0 radical (unpaired) electrons. The first-order valence-electron chi connectivity index (χ1n) is 7.11. The zero-order valence-electron chi connectivity index (χ0n) is 13.3. The van der Waals surface area contributed by atoms with Crippen molar-refractivity contribution in [2.24, 2.45) is 5.92 Å². The lowest BCUT2D eigenvalue weighted by atomic mass is 9.99. The summed E-state index contributed by atoms with van der Waals surface area (Å²) < 4.78 is 4.75. The Labute approximate surface area is 126 Å². The number of carbonyl (C=O) groups is 2. The monoisotopic (exact) mass is 292 g/mol. The molecule has 0 aliphatic carbocycles. The van der Waals surface area contributed by atoms with Crippen LogP contribution in [0.4, 0.5) is 10.5 Å². The molecule has 2 N–H and O–H groups in total. The van der Waals surface area contributed by atoms with Crippen molar-refractivity contribution in [3.63, 3.8) is 0 Å². The Morgan fingerprint density at radius 1 is 1.29 bits per heavy atom. The SMILES string of the molecule is CCC(C)[C@@H](NC(=O)Nc1cc(C)ccc1C)C(=O)OC. The van der Waals surface area contributed by atoms with Gasteiger partial charge in [-0.05, 0) is 37.0 Å². The number of rotatable bonds is 5. The highest BCUT2D eigenvalue weighted by Crippen LogP contribution is 2.16. The van der Waals surface area contributed by atoms with Gasteiger partial charge in [0.25, 0.3) is 0 Å². The van der Waals surface area contributed by atoms with Crippen molar-refractivity contribution in [2.45, 2.75) is 40.2 Å². The van der Waals surface area contributed by atoms with E-state index in [4.69, 9.17) is 4.74 Å². The van der Waals surface area contributed by atoms with E-state index in [1.54, 1.807) is 0 Å². The van der Waals surface area contributed by atoms with E-state index < -0.39 is 18.0 Å². The van der Waals surface area contributed by atoms with Gasteiger partial charge >= 0.3 is 12.0 Å². The Morgan fingerprint density at radius 3 is 2.52 bits per heavy atom. The molecule has 5 heteroatoms. The second-order valence-corrected chi connectivity index (χ2v) is 5.30. The summed E-state index contributed by atoms with van der Waals surface area (Å²) in [6, 6.07) is 4.77. The molecule has 21 heavy (non-hydrogen) atoms. The number of anilines is 1. The van der Waals surface area contributed by atoms with E-state index in [0.29, 0.717) is 0 Å². The second-order valence-electron chi connectivity index (χ2n) is 5.30. The summed E-state index contributed by atoms with van der Waals surface area (Å²) in [6.07, 6.45) is 0.767. The molecule has 2 atom stereocenters. The molecule has 0 aliphatic rings. The number of urea groups is 1. The predicted octanol–water partition coefficient (Wildman–Crippen LogP) is 3.01. The topological polar surface area (TPSA) is 67.4 Å². The van der Waals surface area contributed by atoms with Crippen LogP contribution in [0.2, 0.25) is 0 Å². The van der Waals surface area contributed by atoms with Gasteiger partial charge in [-0.1, -0.05) is 32.4 Å². The maximum absolute atomic E-state index is 12.1. The number of carbonyl (C=O) groups excluding carboxylic acids is 2. The van der Waals surface area contributed by atoms with Gasteiger partial charge in [0.05, 0.1) is 7.11 Å². The molecule has 0 aliphatic heterocycles. The van der Waals surface area contributed by atoms with Gasteiger partial charge in [-0.3, -0.25) is 0 Å². The number of methoxy groups -OCH3 is 1. The minimum Gasteiger partial charge on any atom is -0.467 e.